The summed E-state index contributed by atoms with van der Waals surface area (Å²) in [5, 5.41) is 5.12. The van der Waals surface area contributed by atoms with E-state index in [4.69, 9.17) is 4.74 Å². The molecule has 0 aromatic heterocycles. The van der Waals surface area contributed by atoms with Crippen molar-refractivity contribution in [3.8, 4) is 0 Å². The van der Waals surface area contributed by atoms with E-state index in [1.807, 2.05) is 24.3 Å². The van der Waals surface area contributed by atoms with Gasteiger partial charge in [-0.05, 0) is 17.7 Å². The second kappa shape index (κ2) is 8.53. The van der Waals surface area contributed by atoms with Crippen LogP contribution in [-0.4, -0.2) is 31.7 Å². The van der Waals surface area contributed by atoms with Gasteiger partial charge in [-0.15, -0.1) is 0 Å². The molecule has 1 aromatic rings. The van der Waals surface area contributed by atoms with E-state index < -0.39 is 6.09 Å². The Morgan fingerprint density at radius 2 is 1.79 bits per heavy atom. The number of halogens is 1. The molecule has 2 N–H and O–H groups in total. The highest BCUT2D eigenvalue weighted by atomic mass is 79.9. The fourth-order valence-corrected chi connectivity index (χ4v) is 1.63. The van der Waals surface area contributed by atoms with Gasteiger partial charge in [0.2, 0.25) is 5.91 Å². The number of nitrogens with one attached hydrogen (secondary N) is 2. The maximum atomic E-state index is 11.3. The molecule has 0 aliphatic carbocycles. The van der Waals surface area contributed by atoms with Crippen molar-refractivity contribution >= 4 is 27.9 Å². The van der Waals surface area contributed by atoms with Gasteiger partial charge in [-0.25, -0.2) is 4.79 Å². The number of ether oxygens (including phenoxy) is 1. The average Bonchev–Trinajstić information content (AvgIpc) is 2.37. The quantitative estimate of drug-likeness (QED) is 0.783. The third-order valence-corrected chi connectivity index (χ3v) is 2.83. The van der Waals surface area contributed by atoms with Crippen LogP contribution in [0.2, 0.25) is 0 Å². The first-order valence-electron chi connectivity index (χ1n) is 5.97. The lowest BCUT2D eigenvalue weighted by atomic mass is 10.2. The molecule has 19 heavy (non-hydrogen) atoms. The molecule has 1 aromatic carbocycles. The zero-order valence-corrected chi connectivity index (χ0v) is 12.3. The predicted molar refractivity (Wildman–Crippen MR) is 75.9 cm³/mol. The molecule has 0 saturated heterocycles. The third-order valence-electron chi connectivity index (χ3n) is 2.31. The summed E-state index contributed by atoms with van der Waals surface area (Å²) in [4.78, 5) is 21.9. The predicted octanol–water partition coefficient (Wildman–Crippen LogP) is 1.85. The molecule has 0 fully saturated rings. The Bertz CT molecular complexity index is 420. The molecular weight excluding hydrogens is 312 g/mol. The van der Waals surface area contributed by atoms with Crippen molar-refractivity contribution in [1.29, 1.82) is 0 Å². The summed E-state index contributed by atoms with van der Waals surface area (Å²) in [5.41, 5.74) is 1.11. The van der Waals surface area contributed by atoms with Crippen LogP contribution < -0.4 is 10.6 Å². The van der Waals surface area contributed by atoms with Crippen LogP contribution in [0.3, 0.4) is 0 Å². The summed E-state index contributed by atoms with van der Waals surface area (Å²) < 4.78 is 6.03. The molecule has 5 nitrogen and oxygen atoms in total. The van der Waals surface area contributed by atoms with Crippen molar-refractivity contribution in [3.05, 3.63) is 34.3 Å². The molecule has 0 radical (unpaired) electrons. The van der Waals surface area contributed by atoms with E-state index in [1.165, 1.54) is 6.92 Å². The van der Waals surface area contributed by atoms with Crippen LogP contribution in [0.15, 0.2) is 28.7 Å². The fourth-order valence-electron chi connectivity index (χ4n) is 1.37. The van der Waals surface area contributed by atoms with Crippen molar-refractivity contribution in [2.45, 2.75) is 13.3 Å². The second-order valence-corrected chi connectivity index (χ2v) is 4.84. The maximum Gasteiger partial charge on any atom is 0.407 e. The van der Waals surface area contributed by atoms with E-state index in [2.05, 4.69) is 26.6 Å². The number of hydrogen-bond donors (Lipinski definition) is 2. The molecule has 6 heteroatoms. The van der Waals surface area contributed by atoms with Gasteiger partial charge in [-0.1, -0.05) is 28.1 Å². The Hall–Kier alpha value is -1.56. The summed E-state index contributed by atoms with van der Waals surface area (Å²) in [6, 6.07) is 7.84. The average molecular weight is 329 g/mol. The molecule has 0 spiro atoms. The summed E-state index contributed by atoms with van der Waals surface area (Å²) in [6.45, 7) is 2.51. The van der Waals surface area contributed by atoms with Crippen LogP contribution >= 0.6 is 15.9 Å². The highest BCUT2D eigenvalue weighted by Gasteiger charge is 2.01. The van der Waals surface area contributed by atoms with Crippen molar-refractivity contribution in [1.82, 2.24) is 10.6 Å². The van der Waals surface area contributed by atoms with Gasteiger partial charge in [0.25, 0.3) is 0 Å². The Kier molecular flexibility index (Phi) is 6.95. The molecule has 104 valence electrons. The minimum atomic E-state index is -0.470. The van der Waals surface area contributed by atoms with Gasteiger partial charge in [-0.3, -0.25) is 4.79 Å². The van der Waals surface area contributed by atoms with Gasteiger partial charge in [-0.2, -0.15) is 0 Å². The molecule has 0 heterocycles. The van der Waals surface area contributed by atoms with Crippen molar-refractivity contribution in [2.24, 2.45) is 0 Å². The van der Waals surface area contributed by atoms with Crippen LogP contribution in [0.5, 0.6) is 0 Å². The Morgan fingerprint density at radius 1 is 1.16 bits per heavy atom. The van der Waals surface area contributed by atoms with Crippen LogP contribution in [0.25, 0.3) is 0 Å². The molecule has 0 bridgehead atoms. The monoisotopic (exact) mass is 328 g/mol. The van der Waals surface area contributed by atoms with Gasteiger partial charge in [0, 0.05) is 30.9 Å². The second-order valence-electron chi connectivity index (χ2n) is 3.92. The lowest BCUT2D eigenvalue weighted by Gasteiger charge is -2.07. The highest BCUT2D eigenvalue weighted by Crippen LogP contribution is 2.10. The lowest BCUT2D eigenvalue weighted by molar-refractivity contribution is -0.118. The summed E-state index contributed by atoms with van der Waals surface area (Å²) in [6.07, 6.45) is 0.203. The summed E-state index contributed by atoms with van der Waals surface area (Å²) in [5.74, 6) is -0.120. The smallest absolute Gasteiger partial charge is 0.407 e. The Labute approximate surface area is 120 Å². The van der Waals surface area contributed by atoms with Crippen molar-refractivity contribution in [3.63, 3.8) is 0 Å². The molecule has 0 saturated carbocycles. The number of carbonyl (C=O) groups is 2. The van der Waals surface area contributed by atoms with E-state index in [1.54, 1.807) is 0 Å². The van der Waals surface area contributed by atoms with Crippen LogP contribution in [0.4, 0.5) is 4.79 Å². The molecule has 0 aliphatic rings. The number of amides is 2. The minimum absolute atomic E-state index is 0.120. The first kappa shape index (κ1) is 15.5. The number of hydrogen-bond acceptors (Lipinski definition) is 3. The van der Waals surface area contributed by atoms with Crippen molar-refractivity contribution in [2.75, 3.05) is 19.7 Å². The van der Waals surface area contributed by atoms with E-state index in [0.29, 0.717) is 26.1 Å². The summed E-state index contributed by atoms with van der Waals surface area (Å²) in [7, 11) is 0. The van der Waals surface area contributed by atoms with Crippen molar-refractivity contribution < 1.29 is 14.3 Å². The van der Waals surface area contributed by atoms with Crippen LogP contribution in [0, 0.1) is 0 Å². The van der Waals surface area contributed by atoms with Crippen LogP contribution in [-0.2, 0) is 16.0 Å². The molecule has 0 unspecified atom stereocenters. The first-order valence-corrected chi connectivity index (χ1v) is 6.77. The van der Waals surface area contributed by atoms with E-state index in [-0.39, 0.29) is 5.91 Å². The Balaban J connectivity index is 2.10. The zero-order chi connectivity index (χ0) is 14.1. The summed E-state index contributed by atoms with van der Waals surface area (Å²) >= 11 is 3.36. The van der Waals surface area contributed by atoms with E-state index in [0.717, 1.165) is 10.0 Å². The van der Waals surface area contributed by atoms with E-state index >= 15 is 0 Å². The standard InChI is InChI=1S/C13H17BrN2O3/c1-10(17)15-7-8-16-13(18)19-9-6-11-2-4-12(14)5-3-11/h2-5H,6-9H2,1H3,(H,15,17)(H,16,18). The van der Waals surface area contributed by atoms with Gasteiger partial charge in [0.15, 0.2) is 0 Å². The molecule has 1 rings (SSSR count). The largest absolute Gasteiger partial charge is 0.449 e. The number of rotatable bonds is 6. The van der Waals surface area contributed by atoms with Gasteiger partial charge in [0.1, 0.15) is 0 Å². The first-order chi connectivity index (χ1) is 9.08. The maximum absolute atomic E-state index is 11.3. The SMILES string of the molecule is CC(=O)NCCNC(=O)OCCc1ccc(Br)cc1. The zero-order valence-electron chi connectivity index (χ0n) is 10.7. The topological polar surface area (TPSA) is 67.4 Å². The Morgan fingerprint density at radius 3 is 2.42 bits per heavy atom. The van der Waals surface area contributed by atoms with Gasteiger partial charge >= 0.3 is 6.09 Å². The third kappa shape index (κ3) is 7.46. The number of benzene rings is 1. The number of carbonyl (C=O) groups excluding carboxylic acids is 2. The number of alkyl carbamates (subject to hydrolysis) is 1. The normalized spacial score (nSPS) is 9.79. The molecular formula is C13H17BrN2O3. The van der Waals surface area contributed by atoms with Gasteiger partial charge < -0.3 is 15.4 Å². The van der Waals surface area contributed by atoms with E-state index in [9.17, 15) is 9.59 Å². The fraction of sp³-hybridized carbons (Fsp3) is 0.385. The lowest BCUT2D eigenvalue weighted by Crippen LogP contribution is -2.34. The van der Waals surface area contributed by atoms with Crippen LogP contribution in [0.1, 0.15) is 12.5 Å². The molecule has 2 amide bonds. The van der Waals surface area contributed by atoms with Gasteiger partial charge in [0.05, 0.1) is 6.61 Å². The molecule has 0 atom stereocenters. The minimum Gasteiger partial charge on any atom is -0.449 e. The molecule has 0 aliphatic heterocycles. The highest BCUT2D eigenvalue weighted by molar-refractivity contribution is 9.10.